The Bertz CT molecular complexity index is 580. The van der Waals surface area contributed by atoms with Crippen molar-refractivity contribution in [3.8, 4) is 0 Å². The lowest BCUT2D eigenvalue weighted by atomic mass is 10.1. The Hall–Kier alpha value is -0.870. The predicted molar refractivity (Wildman–Crippen MR) is 88.3 cm³/mol. The molecule has 1 atom stereocenters. The lowest BCUT2D eigenvalue weighted by Gasteiger charge is -2.25. The van der Waals surface area contributed by atoms with Crippen LogP contribution in [0.5, 0.6) is 0 Å². The van der Waals surface area contributed by atoms with Crippen molar-refractivity contribution in [3.63, 3.8) is 0 Å². The Labute approximate surface area is 130 Å². The van der Waals surface area contributed by atoms with Crippen LogP contribution in [0.2, 0.25) is 5.02 Å². The fraction of sp³-hybridized carbons (Fsp3) is 0.375. The number of rotatable bonds is 5. The highest BCUT2D eigenvalue weighted by molar-refractivity contribution is 7.12. The molecular formula is C16H21ClN2S. The van der Waals surface area contributed by atoms with Gasteiger partial charge in [-0.25, -0.2) is 0 Å². The molecule has 108 valence electrons. The molecule has 2 aromatic rings. The standard InChI is InChI=1S/C16H21ClN2S/c1-11(13-5-4-6-15(17)7-13)19(3)10-14-8-16(9-18)20-12(14)2/h4-8,11H,9-10,18H2,1-3H3. The fourth-order valence-electron chi connectivity index (χ4n) is 2.27. The van der Waals surface area contributed by atoms with Crippen LogP contribution in [0.4, 0.5) is 0 Å². The topological polar surface area (TPSA) is 29.3 Å². The van der Waals surface area contributed by atoms with Gasteiger partial charge in [-0.15, -0.1) is 11.3 Å². The SMILES string of the molecule is Cc1sc(CN)cc1CN(C)C(C)c1cccc(Cl)c1. The van der Waals surface area contributed by atoms with Gasteiger partial charge in [-0.05, 0) is 50.2 Å². The van der Waals surface area contributed by atoms with E-state index in [0.29, 0.717) is 12.6 Å². The molecule has 0 aliphatic carbocycles. The van der Waals surface area contributed by atoms with Gasteiger partial charge in [-0.3, -0.25) is 4.90 Å². The molecule has 1 aromatic carbocycles. The van der Waals surface area contributed by atoms with E-state index in [-0.39, 0.29) is 0 Å². The van der Waals surface area contributed by atoms with Gasteiger partial charge >= 0.3 is 0 Å². The van der Waals surface area contributed by atoms with Gasteiger partial charge in [-0.2, -0.15) is 0 Å². The molecule has 0 aliphatic heterocycles. The summed E-state index contributed by atoms with van der Waals surface area (Å²) >= 11 is 7.86. The number of halogens is 1. The predicted octanol–water partition coefficient (Wildman–Crippen LogP) is 4.36. The molecule has 2 nitrogen and oxygen atoms in total. The Kier molecular flexibility index (Phi) is 5.22. The summed E-state index contributed by atoms with van der Waals surface area (Å²) in [6.07, 6.45) is 0. The van der Waals surface area contributed by atoms with Crippen LogP contribution >= 0.6 is 22.9 Å². The second-order valence-electron chi connectivity index (χ2n) is 5.14. The van der Waals surface area contributed by atoms with Gasteiger partial charge in [0.1, 0.15) is 0 Å². The summed E-state index contributed by atoms with van der Waals surface area (Å²) in [6.45, 7) is 5.92. The smallest absolute Gasteiger partial charge is 0.0409 e. The van der Waals surface area contributed by atoms with Crippen molar-refractivity contribution in [3.05, 3.63) is 56.2 Å². The van der Waals surface area contributed by atoms with Crippen molar-refractivity contribution < 1.29 is 0 Å². The van der Waals surface area contributed by atoms with Gasteiger partial charge in [0.25, 0.3) is 0 Å². The number of nitrogens with two attached hydrogens (primary N) is 1. The van der Waals surface area contributed by atoms with Gasteiger partial charge in [-0.1, -0.05) is 23.7 Å². The van der Waals surface area contributed by atoms with Gasteiger partial charge in [0.05, 0.1) is 0 Å². The van der Waals surface area contributed by atoms with E-state index in [1.807, 2.05) is 18.2 Å². The number of nitrogens with zero attached hydrogens (tertiary/aromatic N) is 1. The zero-order chi connectivity index (χ0) is 14.7. The van der Waals surface area contributed by atoms with E-state index in [0.717, 1.165) is 11.6 Å². The molecule has 0 saturated heterocycles. The van der Waals surface area contributed by atoms with Gasteiger partial charge < -0.3 is 5.73 Å². The quantitative estimate of drug-likeness (QED) is 0.889. The number of thiophene rings is 1. The van der Waals surface area contributed by atoms with E-state index in [2.05, 4.69) is 37.9 Å². The monoisotopic (exact) mass is 308 g/mol. The molecule has 0 aliphatic rings. The minimum Gasteiger partial charge on any atom is -0.326 e. The molecule has 0 saturated carbocycles. The zero-order valence-electron chi connectivity index (χ0n) is 12.2. The number of hydrogen-bond donors (Lipinski definition) is 1. The molecule has 0 radical (unpaired) electrons. The molecule has 0 amide bonds. The normalized spacial score (nSPS) is 12.9. The molecule has 0 bridgehead atoms. The highest BCUT2D eigenvalue weighted by atomic mass is 35.5. The highest BCUT2D eigenvalue weighted by Gasteiger charge is 2.14. The molecular weight excluding hydrogens is 288 g/mol. The largest absolute Gasteiger partial charge is 0.326 e. The van der Waals surface area contributed by atoms with Crippen LogP contribution in [0.1, 0.15) is 33.8 Å². The lowest BCUT2D eigenvalue weighted by Crippen LogP contribution is -2.22. The zero-order valence-corrected chi connectivity index (χ0v) is 13.8. The summed E-state index contributed by atoms with van der Waals surface area (Å²) in [6, 6.07) is 10.6. The van der Waals surface area contributed by atoms with Gasteiger partial charge in [0.15, 0.2) is 0 Å². The second-order valence-corrected chi connectivity index (χ2v) is 6.92. The van der Waals surface area contributed by atoms with Crippen LogP contribution in [-0.2, 0) is 13.1 Å². The third kappa shape index (κ3) is 3.61. The summed E-state index contributed by atoms with van der Waals surface area (Å²) in [7, 11) is 2.14. The van der Waals surface area contributed by atoms with Crippen LogP contribution in [0.25, 0.3) is 0 Å². The molecule has 1 aromatic heterocycles. The minimum atomic E-state index is 0.328. The third-order valence-corrected chi connectivity index (χ3v) is 5.03. The van der Waals surface area contributed by atoms with Crippen LogP contribution in [0, 0.1) is 6.92 Å². The highest BCUT2D eigenvalue weighted by Crippen LogP contribution is 2.27. The van der Waals surface area contributed by atoms with Crippen LogP contribution in [0.15, 0.2) is 30.3 Å². The van der Waals surface area contributed by atoms with Crippen molar-refractivity contribution >= 4 is 22.9 Å². The van der Waals surface area contributed by atoms with Crippen molar-refractivity contribution in [1.82, 2.24) is 4.90 Å². The van der Waals surface area contributed by atoms with Crippen molar-refractivity contribution in [2.45, 2.75) is 33.0 Å². The lowest BCUT2D eigenvalue weighted by molar-refractivity contribution is 0.253. The summed E-state index contributed by atoms with van der Waals surface area (Å²) in [5.74, 6) is 0. The number of hydrogen-bond acceptors (Lipinski definition) is 3. The minimum absolute atomic E-state index is 0.328. The maximum atomic E-state index is 6.07. The van der Waals surface area contributed by atoms with Crippen LogP contribution < -0.4 is 5.73 Å². The third-order valence-electron chi connectivity index (χ3n) is 3.68. The molecule has 4 heteroatoms. The van der Waals surface area contributed by atoms with E-state index in [1.54, 1.807) is 11.3 Å². The first-order valence-electron chi connectivity index (χ1n) is 6.75. The molecule has 2 N–H and O–H groups in total. The summed E-state index contributed by atoms with van der Waals surface area (Å²) in [4.78, 5) is 4.94. The molecule has 1 unspecified atom stereocenters. The maximum Gasteiger partial charge on any atom is 0.0409 e. The molecule has 20 heavy (non-hydrogen) atoms. The Morgan fingerprint density at radius 3 is 2.70 bits per heavy atom. The van der Waals surface area contributed by atoms with E-state index >= 15 is 0 Å². The Morgan fingerprint density at radius 1 is 1.35 bits per heavy atom. The first-order chi connectivity index (χ1) is 9.51. The number of aryl methyl sites for hydroxylation is 1. The first-order valence-corrected chi connectivity index (χ1v) is 7.94. The second kappa shape index (κ2) is 6.72. The molecule has 0 fully saturated rings. The molecule has 2 rings (SSSR count). The molecule has 0 spiro atoms. The van der Waals surface area contributed by atoms with E-state index in [1.165, 1.54) is 20.9 Å². The van der Waals surface area contributed by atoms with Gasteiger partial charge in [0.2, 0.25) is 0 Å². The number of benzene rings is 1. The van der Waals surface area contributed by atoms with Crippen LogP contribution in [0.3, 0.4) is 0 Å². The Morgan fingerprint density at radius 2 is 2.10 bits per heavy atom. The maximum absolute atomic E-state index is 6.07. The van der Waals surface area contributed by atoms with Crippen molar-refractivity contribution in [2.75, 3.05) is 7.05 Å². The summed E-state index contributed by atoms with van der Waals surface area (Å²) < 4.78 is 0. The van der Waals surface area contributed by atoms with Crippen molar-refractivity contribution in [2.24, 2.45) is 5.73 Å². The Balaban J connectivity index is 2.10. The summed E-state index contributed by atoms with van der Waals surface area (Å²) in [5.41, 5.74) is 8.32. The van der Waals surface area contributed by atoms with E-state index in [9.17, 15) is 0 Å². The fourth-order valence-corrected chi connectivity index (χ4v) is 3.40. The van der Waals surface area contributed by atoms with Gasteiger partial charge in [0, 0.05) is 33.9 Å². The summed E-state index contributed by atoms with van der Waals surface area (Å²) in [5, 5.41) is 0.792. The average molecular weight is 309 g/mol. The van der Waals surface area contributed by atoms with E-state index in [4.69, 9.17) is 17.3 Å². The van der Waals surface area contributed by atoms with Crippen LogP contribution in [-0.4, -0.2) is 11.9 Å². The first kappa shape index (κ1) is 15.5. The van der Waals surface area contributed by atoms with E-state index < -0.39 is 0 Å². The van der Waals surface area contributed by atoms with Crippen molar-refractivity contribution in [1.29, 1.82) is 0 Å². The average Bonchev–Trinajstić information content (AvgIpc) is 2.78. The molecule has 1 heterocycles.